The van der Waals surface area contributed by atoms with E-state index in [1.54, 1.807) is 11.8 Å². The molecule has 2 heterocycles. The third kappa shape index (κ3) is 2.67. The van der Waals surface area contributed by atoms with Gasteiger partial charge in [-0.05, 0) is 26.2 Å². The zero-order chi connectivity index (χ0) is 13.6. The molecule has 0 aromatic rings. The molecule has 2 unspecified atom stereocenters. The molecule has 0 aromatic carbocycles. The number of likely N-dealkylation sites (tertiary alicyclic amines) is 1. The van der Waals surface area contributed by atoms with Gasteiger partial charge in [0.1, 0.15) is 6.04 Å². The van der Waals surface area contributed by atoms with Gasteiger partial charge in [0, 0.05) is 19.6 Å². The van der Waals surface area contributed by atoms with Crippen molar-refractivity contribution in [3.05, 3.63) is 0 Å². The van der Waals surface area contributed by atoms with Crippen LogP contribution in [0.5, 0.6) is 0 Å². The standard InChI is InChI=1S/C11H20N2O4S/c1-11(15)5-7-12(8-11)10(14)9-4-3-6-13(9)18(2,16)17/h9,15H,3-8H2,1-2H3. The first-order valence-electron chi connectivity index (χ1n) is 6.19. The van der Waals surface area contributed by atoms with Crippen LogP contribution >= 0.6 is 0 Å². The Labute approximate surface area is 108 Å². The second-order valence-electron chi connectivity index (χ2n) is 5.54. The summed E-state index contributed by atoms with van der Waals surface area (Å²) in [5, 5.41) is 9.86. The van der Waals surface area contributed by atoms with E-state index in [0.717, 1.165) is 6.26 Å². The molecule has 1 amide bonds. The lowest BCUT2D eigenvalue weighted by Crippen LogP contribution is -2.47. The number of carbonyl (C=O) groups is 1. The molecular weight excluding hydrogens is 256 g/mol. The van der Waals surface area contributed by atoms with E-state index in [-0.39, 0.29) is 5.91 Å². The average molecular weight is 276 g/mol. The average Bonchev–Trinajstić information content (AvgIpc) is 2.81. The number of β-amino-alcohol motifs (C(OH)–C–C–N with tert-alkyl or cyclic N) is 1. The van der Waals surface area contributed by atoms with Crippen molar-refractivity contribution in [3.63, 3.8) is 0 Å². The first kappa shape index (κ1) is 13.8. The van der Waals surface area contributed by atoms with Gasteiger partial charge in [-0.25, -0.2) is 8.42 Å². The van der Waals surface area contributed by atoms with Gasteiger partial charge in [0.2, 0.25) is 15.9 Å². The minimum absolute atomic E-state index is 0.171. The van der Waals surface area contributed by atoms with Crippen molar-refractivity contribution < 1.29 is 18.3 Å². The molecule has 2 aliphatic heterocycles. The van der Waals surface area contributed by atoms with Gasteiger partial charge in [0.05, 0.1) is 11.9 Å². The zero-order valence-corrected chi connectivity index (χ0v) is 11.6. The Kier molecular flexibility index (Phi) is 3.42. The van der Waals surface area contributed by atoms with E-state index in [0.29, 0.717) is 38.9 Å². The molecule has 104 valence electrons. The third-order valence-electron chi connectivity index (χ3n) is 3.68. The van der Waals surface area contributed by atoms with Gasteiger partial charge in [-0.15, -0.1) is 0 Å². The van der Waals surface area contributed by atoms with Crippen molar-refractivity contribution in [1.29, 1.82) is 0 Å². The fourth-order valence-electron chi connectivity index (χ4n) is 2.73. The Bertz CT molecular complexity index is 446. The largest absolute Gasteiger partial charge is 0.388 e. The molecule has 2 aliphatic rings. The SMILES string of the molecule is CC1(O)CCN(C(=O)C2CCCN2S(C)(=O)=O)C1. The smallest absolute Gasteiger partial charge is 0.241 e. The number of aliphatic hydroxyl groups is 1. The van der Waals surface area contributed by atoms with Crippen LogP contribution in [0.4, 0.5) is 0 Å². The maximum atomic E-state index is 12.3. The van der Waals surface area contributed by atoms with Gasteiger partial charge < -0.3 is 10.0 Å². The van der Waals surface area contributed by atoms with E-state index in [4.69, 9.17) is 0 Å². The molecule has 0 aromatic heterocycles. The van der Waals surface area contributed by atoms with Crippen molar-refractivity contribution in [2.75, 3.05) is 25.9 Å². The Morgan fingerprint density at radius 1 is 1.39 bits per heavy atom. The molecule has 0 bridgehead atoms. The van der Waals surface area contributed by atoms with Crippen molar-refractivity contribution in [1.82, 2.24) is 9.21 Å². The van der Waals surface area contributed by atoms with Crippen molar-refractivity contribution >= 4 is 15.9 Å². The highest BCUT2D eigenvalue weighted by atomic mass is 32.2. The molecule has 2 saturated heterocycles. The molecule has 0 spiro atoms. The summed E-state index contributed by atoms with van der Waals surface area (Å²) in [6.07, 6.45) is 2.97. The molecule has 7 heteroatoms. The highest BCUT2D eigenvalue weighted by Crippen LogP contribution is 2.26. The lowest BCUT2D eigenvalue weighted by atomic mass is 10.1. The summed E-state index contributed by atoms with van der Waals surface area (Å²) in [6, 6.07) is -0.575. The first-order valence-corrected chi connectivity index (χ1v) is 8.03. The molecule has 0 saturated carbocycles. The molecular formula is C11H20N2O4S. The molecule has 0 aliphatic carbocycles. The molecule has 2 atom stereocenters. The number of carbonyl (C=O) groups excluding carboxylic acids is 1. The highest BCUT2D eigenvalue weighted by Gasteiger charge is 2.42. The number of rotatable bonds is 2. The lowest BCUT2D eigenvalue weighted by molar-refractivity contribution is -0.134. The predicted molar refractivity (Wildman–Crippen MR) is 66.4 cm³/mol. The molecule has 1 N–H and O–H groups in total. The van der Waals surface area contributed by atoms with Gasteiger partial charge in [-0.3, -0.25) is 4.79 Å². The van der Waals surface area contributed by atoms with Crippen LogP contribution in [0.15, 0.2) is 0 Å². The number of hydrogen-bond donors (Lipinski definition) is 1. The normalized spacial score (nSPS) is 34.2. The molecule has 2 fully saturated rings. The van der Waals surface area contributed by atoms with Crippen LogP contribution in [0.2, 0.25) is 0 Å². The molecule has 6 nitrogen and oxygen atoms in total. The van der Waals surface area contributed by atoms with Gasteiger partial charge in [-0.1, -0.05) is 0 Å². The Hall–Kier alpha value is -0.660. The van der Waals surface area contributed by atoms with Gasteiger partial charge in [-0.2, -0.15) is 4.31 Å². The van der Waals surface area contributed by atoms with Crippen LogP contribution in [-0.4, -0.2) is 66.2 Å². The Morgan fingerprint density at radius 2 is 2.06 bits per heavy atom. The predicted octanol–water partition coefficient (Wildman–Crippen LogP) is -0.606. The van der Waals surface area contributed by atoms with Crippen molar-refractivity contribution in [3.8, 4) is 0 Å². The summed E-state index contributed by atoms with van der Waals surface area (Å²) >= 11 is 0. The maximum Gasteiger partial charge on any atom is 0.241 e. The van der Waals surface area contributed by atoms with E-state index in [1.165, 1.54) is 4.31 Å². The molecule has 2 rings (SSSR count). The second-order valence-corrected chi connectivity index (χ2v) is 7.47. The van der Waals surface area contributed by atoms with Crippen molar-refractivity contribution in [2.45, 2.75) is 37.8 Å². The van der Waals surface area contributed by atoms with Gasteiger partial charge in [0.15, 0.2) is 0 Å². The van der Waals surface area contributed by atoms with E-state index < -0.39 is 21.7 Å². The fraction of sp³-hybridized carbons (Fsp3) is 0.909. The van der Waals surface area contributed by atoms with Crippen LogP contribution in [0.25, 0.3) is 0 Å². The van der Waals surface area contributed by atoms with Crippen LogP contribution in [0, 0.1) is 0 Å². The quantitative estimate of drug-likeness (QED) is 0.730. The minimum atomic E-state index is -3.33. The van der Waals surface area contributed by atoms with Crippen LogP contribution in [0.3, 0.4) is 0 Å². The van der Waals surface area contributed by atoms with E-state index in [1.807, 2.05) is 0 Å². The highest BCUT2D eigenvalue weighted by molar-refractivity contribution is 7.88. The summed E-state index contributed by atoms with van der Waals surface area (Å²) in [5.74, 6) is -0.171. The van der Waals surface area contributed by atoms with Gasteiger partial charge in [0.25, 0.3) is 0 Å². The summed E-state index contributed by atoms with van der Waals surface area (Å²) in [6.45, 7) is 2.91. The van der Waals surface area contributed by atoms with Gasteiger partial charge >= 0.3 is 0 Å². The zero-order valence-electron chi connectivity index (χ0n) is 10.8. The van der Waals surface area contributed by atoms with Crippen LogP contribution in [0.1, 0.15) is 26.2 Å². The molecule has 18 heavy (non-hydrogen) atoms. The topological polar surface area (TPSA) is 77.9 Å². The number of sulfonamides is 1. The van der Waals surface area contributed by atoms with E-state index in [9.17, 15) is 18.3 Å². The number of amides is 1. The fourth-order valence-corrected chi connectivity index (χ4v) is 3.85. The van der Waals surface area contributed by atoms with E-state index >= 15 is 0 Å². The Morgan fingerprint density at radius 3 is 2.56 bits per heavy atom. The lowest BCUT2D eigenvalue weighted by Gasteiger charge is -2.26. The number of nitrogens with zero attached hydrogens (tertiary/aromatic N) is 2. The summed E-state index contributed by atoms with van der Waals surface area (Å²) < 4.78 is 24.5. The summed E-state index contributed by atoms with van der Waals surface area (Å²) in [4.78, 5) is 13.9. The minimum Gasteiger partial charge on any atom is -0.388 e. The summed E-state index contributed by atoms with van der Waals surface area (Å²) in [5.41, 5.74) is -0.843. The first-order chi connectivity index (χ1) is 8.21. The monoisotopic (exact) mass is 276 g/mol. The van der Waals surface area contributed by atoms with Crippen molar-refractivity contribution in [2.24, 2.45) is 0 Å². The van der Waals surface area contributed by atoms with E-state index in [2.05, 4.69) is 0 Å². The van der Waals surface area contributed by atoms with Crippen LogP contribution in [-0.2, 0) is 14.8 Å². The maximum absolute atomic E-state index is 12.3. The Balaban J connectivity index is 2.10. The summed E-state index contributed by atoms with van der Waals surface area (Å²) in [7, 11) is -3.33. The van der Waals surface area contributed by atoms with Crippen LogP contribution < -0.4 is 0 Å². The number of hydrogen-bond acceptors (Lipinski definition) is 4. The molecule has 0 radical (unpaired) electrons. The second kappa shape index (κ2) is 4.47. The third-order valence-corrected chi connectivity index (χ3v) is 4.97.